The molecule has 1 aromatic rings. The van der Waals surface area contributed by atoms with E-state index >= 15 is 0 Å². The molecule has 1 unspecified atom stereocenters. The van der Waals surface area contributed by atoms with Crippen molar-refractivity contribution in [2.24, 2.45) is 5.92 Å². The maximum Gasteiger partial charge on any atom is 0.292 e. The molecule has 5 nitrogen and oxygen atoms in total. The molecular formula is C12H17ClN2O3. The minimum absolute atomic E-state index is 0.00725. The van der Waals surface area contributed by atoms with Gasteiger partial charge in [0.25, 0.3) is 5.69 Å². The first kappa shape index (κ1) is 14.7. The number of hydrogen-bond acceptors (Lipinski definition) is 4. The molecule has 0 spiro atoms. The SMILES string of the molecule is COCC(Nc1cc(Cl)ccc1[N+](=O)[O-])C(C)C. The van der Waals surface area contributed by atoms with Crippen molar-refractivity contribution >= 4 is 23.0 Å². The monoisotopic (exact) mass is 272 g/mol. The van der Waals surface area contributed by atoms with E-state index in [0.717, 1.165) is 0 Å². The molecule has 0 aliphatic rings. The standard InChI is InChI=1S/C12H17ClN2O3/c1-8(2)11(7-18-3)14-10-6-9(13)4-5-12(10)15(16)17/h4-6,8,11,14H,7H2,1-3H3. The molecule has 1 atom stereocenters. The molecule has 18 heavy (non-hydrogen) atoms. The first-order valence-electron chi connectivity index (χ1n) is 5.65. The van der Waals surface area contributed by atoms with Gasteiger partial charge in [0, 0.05) is 18.2 Å². The molecular weight excluding hydrogens is 256 g/mol. The second-order valence-corrected chi connectivity index (χ2v) is 4.81. The Morgan fingerprint density at radius 1 is 1.50 bits per heavy atom. The largest absolute Gasteiger partial charge is 0.383 e. The number of ether oxygens (including phenoxy) is 1. The molecule has 0 heterocycles. The number of nitro benzene ring substituents is 1. The Bertz CT molecular complexity index is 424. The van der Waals surface area contributed by atoms with Crippen molar-refractivity contribution in [3.63, 3.8) is 0 Å². The van der Waals surface area contributed by atoms with Crippen molar-refractivity contribution < 1.29 is 9.66 Å². The number of anilines is 1. The van der Waals surface area contributed by atoms with Gasteiger partial charge in [0.05, 0.1) is 17.6 Å². The lowest BCUT2D eigenvalue weighted by Crippen LogP contribution is -2.30. The highest BCUT2D eigenvalue weighted by molar-refractivity contribution is 6.31. The smallest absolute Gasteiger partial charge is 0.292 e. The Labute approximate surface area is 111 Å². The van der Waals surface area contributed by atoms with E-state index < -0.39 is 4.92 Å². The molecule has 1 aromatic carbocycles. The number of nitrogens with one attached hydrogen (secondary N) is 1. The fraction of sp³-hybridized carbons (Fsp3) is 0.500. The first-order valence-corrected chi connectivity index (χ1v) is 6.03. The van der Waals surface area contributed by atoms with E-state index in [1.807, 2.05) is 13.8 Å². The molecule has 0 aliphatic heterocycles. The number of hydrogen-bond donors (Lipinski definition) is 1. The fourth-order valence-electron chi connectivity index (χ4n) is 1.56. The number of methoxy groups -OCH3 is 1. The summed E-state index contributed by atoms with van der Waals surface area (Å²) in [5, 5.41) is 14.5. The quantitative estimate of drug-likeness (QED) is 0.637. The third-order valence-corrected chi connectivity index (χ3v) is 2.88. The van der Waals surface area contributed by atoms with Gasteiger partial charge in [0.2, 0.25) is 0 Å². The number of rotatable bonds is 6. The van der Waals surface area contributed by atoms with E-state index in [-0.39, 0.29) is 17.6 Å². The Morgan fingerprint density at radius 2 is 2.17 bits per heavy atom. The summed E-state index contributed by atoms with van der Waals surface area (Å²) in [5.74, 6) is 0.281. The van der Waals surface area contributed by atoms with Gasteiger partial charge < -0.3 is 10.1 Å². The van der Waals surface area contributed by atoms with Gasteiger partial charge in [-0.1, -0.05) is 25.4 Å². The minimum Gasteiger partial charge on any atom is -0.383 e. The van der Waals surface area contributed by atoms with Crippen LogP contribution < -0.4 is 5.32 Å². The second-order valence-electron chi connectivity index (χ2n) is 4.37. The van der Waals surface area contributed by atoms with Crippen LogP contribution in [0, 0.1) is 16.0 Å². The summed E-state index contributed by atoms with van der Waals surface area (Å²) in [7, 11) is 1.60. The normalized spacial score (nSPS) is 12.5. The van der Waals surface area contributed by atoms with Crippen LogP contribution in [0.25, 0.3) is 0 Å². The summed E-state index contributed by atoms with van der Waals surface area (Å²) in [6.45, 7) is 4.52. The van der Waals surface area contributed by atoms with Crippen LogP contribution in [-0.4, -0.2) is 24.7 Å². The van der Waals surface area contributed by atoms with Crippen molar-refractivity contribution in [1.82, 2.24) is 0 Å². The average molecular weight is 273 g/mol. The molecule has 0 amide bonds. The van der Waals surface area contributed by atoms with Gasteiger partial charge >= 0.3 is 0 Å². The van der Waals surface area contributed by atoms with E-state index in [1.165, 1.54) is 12.1 Å². The van der Waals surface area contributed by atoms with E-state index in [0.29, 0.717) is 17.3 Å². The van der Waals surface area contributed by atoms with Crippen LogP contribution in [0.2, 0.25) is 5.02 Å². The first-order chi connectivity index (χ1) is 8.45. The van der Waals surface area contributed by atoms with Crippen molar-refractivity contribution in [3.8, 4) is 0 Å². The van der Waals surface area contributed by atoms with Gasteiger partial charge in [0.15, 0.2) is 0 Å². The van der Waals surface area contributed by atoms with Crippen LogP contribution in [0.15, 0.2) is 18.2 Å². The van der Waals surface area contributed by atoms with Crippen LogP contribution in [0.3, 0.4) is 0 Å². The summed E-state index contributed by atoms with van der Waals surface area (Å²) in [4.78, 5) is 10.5. The lowest BCUT2D eigenvalue weighted by atomic mass is 10.0. The predicted molar refractivity (Wildman–Crippen MR) is 72.2 cm³/mol. The number of halogens is 1. The maximum atomic E-state index is 10.9. The Hall–Kier alpha value is -1.33. The molecule has 0 fully saturated rings. The Kier molecular flexibility index (Phi) is 5.37. The molecule has 1 rings (SSSR count). The Balaban J connectivity index is 3.00. The molecule has 0 aliphatic carbocycles. The van der Waals surface area contributed by atoms with Crippen molar-refractivity contribution in [2.75, 3.05) is 19.0 Å². The fourth-order valence-corrected chi connectivity index (χ4v) is 1.74. The molecule has 0 saturated carbocycles. The molecule has 0 saturated heterocycles. The third-order valence-electron chi connectivity index (χ3n) is 2.65. The average Bonchev–Trinajstić information content (AvgIpc) is 2.28. The highest BCUT2D eigenvalue weighted by Gasteiger charge is 2.19. The Morgan fingerprint density at radius 3 is 2.67 bits per heavy atom. The zero-order valence-electron chi connectivity index (χ0n) is 10.6. The topological polar surface area (TPSA) is 64.4 Å². The van der Waals surface area contributed by atoms with Gasteiger partial charge in [-0.25, -0.2) is 0 Å². The van der Waals surface area contributed by atoms with Gasteiger partial charge in [-0.05, 0) is 18.1 Å². The van der Waals surface area contributed by atoms with Crippen LogP contribution in [0.4, 0.5) is 11.4 Å². The van der Waals surface area contributed by atoms with Crippen molar-refractivity contribution in [2.45, 2.75) is 19.9 Å². The summed E-state index contributed by atoms with van der Waals surface area (Å²) in [6, 6.07) is 4.46. The second kappa shape index (κ2) is 6.56. The third kappa shape index (κ3) is 3.85. The summed E-state index contributed by atoms with van der Waals surface area (Å²) in [6.07, 6.45) is 0. The molecule has 1 N–H and O–H groups in total. The summed E-state index contributed by atoms with van der Waals surface area (Å²) in [5.41, 5.74) is 0.435. The predicted octanol–water partition coefficient (Wildman–Crippen LogP) is 3.33. The number of nitrogens with zero attached hydrogens (tertiary/aromatic N) is 1. The van der Waals surface area contributed by atoms with Crippen molar-refractivity contribution in [3.05, 3.63) is 33.3 Å². The van der Waals surface area contributed by atoms with E-state index in [9.17, 15) is 10.1 Å². The van der Waals surface area contributed by atoms with E-state index in [2.05, 4.69) is 5.32 Å². The molecule has 100 valence electrons. The molecule has 0 bridgehead atoms. The number of benzene rings is 1. The van der Waals surface area contributed by atoms with Crippen molar-refractivity contribution in [1.29, 1.82) is 0 Å². The van der Waals surface area contributed by atoms with E-state index in [4.69, 9.17) is 16.3 Å². The van der Waals surface area contributed by atoms with Gasteiger partial charge in [-0.15, -0.1) is 0 Å². The molecule has 0 radical (unpaired) electrons. The highest BCUT2D eigenvalue weighted by Crippen LogP contribution is 2.29. The zero-order chi connectivity index (χ0) is 13.7. The zero-order valence-corrected chi connectivity index (χ0v) is 11.4. The van der Waals surface area contributed by atoms with Crippen LogP contribution >= 0.6 is 11.6 Å². The van der Waals surface area contributed by atoms with Crippen LogP contribution in [-0.2, 0) is 4.74 Å². The summed E-state index contributed by atoms with van der Waals surface area (Å²) >= 11 is 5.87. The lowest BCUT2D eigenvalue weighted by molar-refractivity contribution is -0.384. The number of nitro groups is 1. The van der Waals surface area contributed by atoms with Gasteiger partial charge in [0.1, 0.15) is 5.69 Å². The van der Waals surface area contributed by atoms with Gasteiger partial charge in [-0.2, -0.15) is 0 Å². The maximum absolute atomic E-state index is 10.9. The molecule has 6 heteroatoms. The minimum atomic E-state index is -0.428. The molecule has 0 aromatic heterocycles. The summed E-state index contributed by atoms with van der Waals surface area (Å²) < 4.78 is 5.10. The van der Waals surface area contributed by atoms with Gasteiger partial charge in [-0.3, -0.25) is 10.1 Å². The highest BCUT2D eigenvalue weighted by atomic mass is 35.5. The van der Waals surface area contributed by atoms with E-state index in [1.54, 1.807) is 13.2 Å². The van der Waals surface area contributed by atoms with Crippen LogP contribution in [0.5, 0.6) is 0 Å². The van der Waals surface area contributed by atoms with Crippen LogP contribution in [0.1, 0.15) is 13.8 Å². The lowest BCUT2D eigenvalue weighted by Gasteiger charge is -2.22.